The average Bonchev–Trinajstić information content (AvgIpc) is 2.40. The van der Waals surface area contributed by atoms with Gasteiger partial charge in [-0.05, 0) is 20.8 Å². The number of carbonyl (C=O) groups excluding carboxylic acids is 1. The third-order valence-electron chi connectivity index (χ3n) is 2.25. The van der Waals surface area contributed by atoms with Crippen molar-refractivity contribution in [2.45, 2.75) is 20.8 Å². The summed E-state index contributed by atoms with van der Waals surface area (Å²) in [6.07, 6.45) is 2.66. The number of fused-ring (bicyclic) bond motifs is 1. The minimum Gasteiger partial charge on any atom is -0.298 e. The molecule has 4 nitrogen and oxygen atoms in total. The van der Waals surface area contributed by atoms with Crippen molar-refractivity contribution < 1.29 is 4.79 Å². The quantitative estimate of drug-likeness (QED) is 0.638. The second-order valence-corrected chi connectivity index (χ2v) is 3.38. The van der Waals surface area contributed by atoms with Gasteiger partial charge in [0.1, 0.15) is 0 Å². The Morgan fingerprint density at radius 2 is 2.00 bits per heavy atom. The van der Waals surface area contributed by atoms with Crippen molar-refractivity contribution in [2.75, 3.05) is 0 Å². The summed E-state index contributed by atoms with van der Waals surface area (Å²) in [4.78, 5) is 15.2. The first-order valence-corrected chi connectivity index (χ1v) is 4.42. The van der Waals surface area contributed by atoms with Gasteiger partial charge in [0, 0.05) is 0 Å². The zero-order valence-electron chi connectivity index (χ0n) is 8.40. The predicted octanol–water partition coefficient (Wildman–Crippen LogP) is 1.47. The molecular formula is C10H11N3O. The smallest absolute Gasteiger partial charge is 0.154 e. The molecule has 2 aromatic heterocycles. The summed E-state index contributed by atoms with van der Waals surface area (Å²) in [6, 6.07) is 0. The SMILES string of the molecule is Cc1cn2nc(C)c(C=O)c2c(C)n1. The fraction of sp³-hybridized carbons (Fsp3) is 0.300. The molecule has 0 N–H and O–H groups in total. The van der Waals surface area contributed by atoms with Gasteiger partial charge in [-0.1, -0.05) is 0 Å². The highest BCUT2D eigenvalue weighted by Crippen LogP contribution is 2.16. The maximum atomic E-state index is 10.9. The lowest BCUT2D eigenvalue weighted by Gasteiger charge is -1.99. The molecule has 0 amide bonds. The van der Waals surface area contributed by atoms with E-state index in [0.717, 1.165) is 28.9 Å². The Bertz CT molecular complexity index is 514. The Morgan fingerprint density at radius 1 is 1.29 bits per heavy atom. The summed E-state index contributed by atoms with van der Waals surface area (Å²) in [7, 11) is 0. The van der Waals surface area contributed by atoms with Crippen LogP contribution in [0.3, 0.4) is 0 Å². The van der Waals surface area contributed by atoms with Crippen LogP contribution in [0.25, 0.3) is 5.52 Å². The molecule has 0 aliphatic rings. The van der Waals surface area contributed by atoms with Gasteiger partial charge in [-0.2, -0.15) is 5.10 Å². The first kappa shape index (κ1) is 8.87. The molecule has 72 valence electrons. The van der Waals surface area contributed by atoms with E-state index in [0.29, 0.717) is 5.56 Å². The Kier molecular flexibility index (Phi) is 1.84. The Hall–Kier alpha value is -1.71. The van der Waals surface area contributed by atoms with E-state index >= 15 is 0 Å². The highest BCUT2D eigenvalue weighted by molar-refractivity contribution is 5.88. The molecule has 0 radical (unpaired) electrons. The van der Waals surface area contributed by atoms with Gasteiger partial charge in [0.2, 0.25) is 0 Å². The van der Waals surface area contributed by atoms with Crippen LogP contribution in [0.4, 0.5) is 0 Å². The molecule has 0 aromatic carbocycles. The fourth-order valence-electron chi connectivity index (χ4n) is 1.68. The number of aldehydes is 1. The van der Waals surface area contributed by atoms with Gasteiger partial charge in [0.25, 0.3) is 0 Å². The molecular weight excluding hydrogens is 178 g/mol. The standard InChI is InChI=1S/C10H11N3O/c1-6-4-13-10(8(3)11-6)9(5-14)7(2)12-13/h4-5H,1-3H3. The van der Waals surface area contributed by atoms with E-state index in [2.05, 4.69) is 10.1 Å². The van der Waals surface area contributed by atoms with Crippen LogP contribution in [0.2, 0.25) is 0 Å². The number of aryl methyl sites for hydroxylation is 3. The van der Waals surface area contributed by atoms with Crippen LogP contribution in [0.15, 0.2) is 6.20 Å². The number of aromatic nitrogens is 3. The van der Waals surface area contributed by atoms with E-state index in [-0.39, 0.29) is 0 Å². The average molecular weight is 189 g/mol. The normalized spacial score (nSPS) is 10.8. The molecule has 0 spiro atoms. The molecule has 0 fully saturated rings. The van der Waals surface area contributed by atoms with Gasteiger partial charge >= 0.3 is 0 Å². The predicted molar refractivity (Wildman–Crippen MR) is 52.6 cm³/mol. The van der Waals surface area contributed by atoms with Crippen LogP contribution in [0, 0.1) is 20.8 Å². The van der Waals surface area contributed by atoms with Crippen LogP contribution in [-0.4, -0.2) is 20.9 Å². The lowest BCUT2D eigenvalue weighted by Crippen LogP contribution is -1.96. The van der Waals surface area contributed by atoms with Gasteiger partial charge in [-0.25, -0.2) is 4.52 Å². The van der Waals surface area contributed by atoms with Crippen molar-refractivity contribution in [3.63, 3.8) is 0 Å². The van der Waals surface area contributed by atoms with Crippen molar-refractivity contribution >= 4 is 11.8 Å². The lowest BCUT2D eigenvalue weighted by molar-refractivity contribution is 0.112. The minimum atomic E-state index is 0.634. The van der Waals surface area contributed by atoms with Crippen molar-refractivity contribution in [1.29, 1.82) is 0 Å². The number of hydrogen-bond acceptors (Lipinski definition) is 3. The molecule has 2 heterocycles. The van der Waals surface area contributed by atoms with Gasteiger partial charge in [0.05, 0.1) is 34.4 Å². The molecule has 0 unspecified atom stereocenters. The van der Waals surface area contributed by atoms with Crippen LogP contribution >= 0.6 is 0 Å². The van der Waals surface area contributed by atoms with Crippen molar-refractivity contribution in [2.24, 2.45) is 0 Å². The number of carbonyl (C=O) groups is 1. The first-order valence-electron chi connectivity index (χ1n) is 4.42. The molecule has 2 aromatic rings. The van der Waals surface area contributed by atoms with Gasteiger partial charge in [-0.3, -0.25) is 9.78 Å². The molecule has 0 saturated carbocycles. The van der Waals surface area contributed by atoms with E-state index in [1.54, 1.807) is 4.52 Å². The highest BCUT2D eigenvalue weighted by Gasteiger charge is 2.11. The molecule has 0 aliphatic heterocycles. The van der Waals surface area contributed by atoms with Crippen molar-refractivity contribution in [3.8, 4) is 0 Å². The van der Waals surface area contributed by atoms with Crippen LogP contribution in [0.5, 0.6) is 0 Å². The monoisotopic (exact) mass is 189 g/mol. The summed E-state index contributed by atoms with van der Waals surface area (Å²) in [5.41, 5.74) is 3.93. The molecule has 0 bridgehead atoms. The summed E-state index contributed by atoms with van der Waals surface area (Å²) in [6.45, 7) is 5.62. The number of nitrogens with zero attached hydrogens (tertiary/aromatic N) is 3. The van der Waals surface area contributed by atoms with Gasteiger partial charge < -0.3 is 0 Å². The molecule has 4 heteroatoms. The first-order chi connectivity index (χ1) is 6.63. The third-order valence-corrected chi connectivity index (χ3v) is 2.25. The zero-order chi connectivity index (χ0) is 10.3. The Labute approximate surface area is 81.6 Å². The summed E-state index contributed by atoms with van der Waals surface area (Å²) < 4.78 is 1.72. The topological polar surface area (TPSA) is 47.3 Å². The van der Waals surface area contributed by atoms with Gasteiger partial charge in [0.15, 0.2) is 6.29 Å². The zero-order valence-corrected chi connectivity index (χ0v) is 8.40. The molecule has 2 rings (SSSR count). The second kappa shape index (κ2) is 2.90. The Balaban J connectivity index is 2.95. The molecule has 0 saturated heterocycles. The van der Waals surface area contributed by atoms with Crippen molar-refractivity contribution in [1.82, 2.24) is 14.6 Å². The largest absolute Gasteiger partial charge is 0.298 e. The van der Waals surface area contributed by atoms with Crippen LogP contribution < -0.4 is 0 Å². The Morgan fingerprint density at radius 3 is 2.64 bits per heavy atom. The van der Waals surface area contributed by atoms with Gasteiger partial charge in [-0.15, -0.1) is 0 Å². The fourth-order valence-corrected chi connectivity index (χ4v) is 1.68. The van der Waals surface area contributed by atoms with E-state index < -0.39 is 0 Å². The van der Waals surface area contributed by atoms with Crippen LogP contribution in [-0.2, 0) is 0 Å². The van der Waals surface area contributed by atoms with E-state index in [4.69, 9.17) is 0 Å². The van der Waals surface area contributed by atoms with E-state index in [9.17, 15) is 4.79 Å². The summed E-state index contributed by atoms with van der Waals surface area (Å²) in [5, 5.41) is 4.25. The lowest BCUT2D eigenvalue weighted by atomic mass is 10.2. The maximum absolute atomic E-state index is 10.9. The maximum Gasteiger partial charge on any atom is 0.154 e. The second-order valence-electron chi connectivity index (χ2n) is 3.38. The van der Waals surface area contributed by atoms with E-state index in [1.807, 2.05) is 27.0 Å². The number of hydrogen-bond donors (Lipinski definition) is 0. The highest BCUT2D eigenvalue weighted by atomic mass is 16.1. The van der Waals surface area contributed by atoms with E-state index in [1.165, 1.54) is 0 Å². The number of rotatable bonds is 1. The minimum absolute atomic E-state index is 0.634. The molecule has 0 atom stereocenters. The molecule has 14 heavy (non-hydrogen) atoms. The summed E-state index contributed by atoms with van der Waals surface area (Å²) in [5.74, 6) is 0. The summed E-state index contributed by atoms with van der Waals surface area (Å²) >= 11 is 0. The third kappa shape index (κ3) is 1.11. The van der Waals surface area contributed by atoms with Crippen molar-refractivity contribution in [3.05, 3.63) is 28.8 Å². The van der Waals surface area contributed by atoms with Crippen LogP contribution in [0.1, 0.15) is 27.4 Å². The molecule has 0 aliphatic carbocycles.